The summed E-state index contributed by atoms with van der Waals surface area (Å²) in [7, 11) is 0. The van der Waals surface area contributed by atoms with E-state index in [1.807, 2.05) is 24.3 Å². The lowest BCUT2D eigenvalue weighted by molar-refractivity contribution is -0.116. The van der Waals surface area contributed by atoms with Gasteiger partial charge < -0.3 is 10.1 Å². The smallest absolute Gasteiger partial charge is 0.224 e. The maximum absolute atomic E-state index is 12.1. The van der Waals surface area contributed by atoms with Crippen LogP contribution in [0.25, 0.3) is 0 Å². The first-order chi connectivity index (χ1) is 12.0. The second-order valence-corrected chi connectivity index (χ2v) is 7.49. The van der Waals surface area contributed by atoms with Gasteiger partial charge in [-0.1, -0.05) is 26.0 Å². The molecule has 0 unspecified atom stereocenters. The summed E-state index contributed by atoms with van der Waals surface area (Å²) >= 11 is 7.03. The molecule has 1 N–H and O–H groups in total. The van der Waals surface area contributed by atoms with Gasteiger partial charge in [-0.15, -0.1) is 0 Å². The molecule has 0 fully saturated rings. The molecular formula is C20H23Br2NO2. The van der Waals surface area contributed by atoms with Crippen molar-refractivity contribution in [3.63, 3.8) is 0 Å². The number of aryl methyl sites for hydroxylation is 2. The van der Waals surface area contributed by atoms with Crippen LogP contribution in [0.3, 0.4) is 0 Å². The Morgan fingerprint density at radius 3 is 2.24 bits per heavy atom. The van der Waals surface area contributed by atoms with Gasteiger partial charge in [0.25, 0.3) is 0 Å². The number of amides is 1. The minimum absolute atomic E-state index is 0.00561. The van der Waals surface area contributed by atoms with Crippen LogP contribution in [-0.4, -0.2) is 12.5 Å². The molecule has 2 aromatic carbocycles. The van der Waals surface area contributed by atoms with E-state index in [0.717, 1.165) is 33.2 Å². The van der Waals surface area contributed by atoms with E-state index in [4.69, 9.17) is 4.74 Å². The van der Waals surface area contributed by atoms with Gasteiger partial charge in [-0.05, 0) is 86.5 Å². The summed E-state index contributed by atoms with van der Waals surface area (Å²) < 4.78 is 7.62. The molecule has 0 aliphatic heterocycles. The molecule has 134 valence electrons. The number of carbonyl (C=O) groups is 1. The van der Waals surface area contributed by atoms with Crippen LogP contribution in [0.15, 0.2) is 45.3 Å². The van der Waals surface area contributed by atoms with Gasteiger partial charge in [-0.2, -0.15) is 0 Å². The average Bonchev–Trinajstić information content (AvgIpc) is 2.61. The molecule has 2 aromatic rings. The van der Waals surface area contributed by atoms with Gasteiger partial charge in [0.2, 0.25) is 5.91 Å². The zero-order chi connectivity index (χ0) is 18.2. The third kappa shape index (κ3) is 6.15. The van der Waals surface area contributed by atoms with Crippen LogP contribution in [0, 0.1) is 0 Å². The zero-order valence-electron chi connectivity index (χ0n) is 14.6. The van der Waals surface area contributed by atoms with E-state index in [9.17, 15) is 4.79 Å². The molecule has 0 bridgehead atoms. The fourth-order valence-corrected chi connectivity index (χ4v) is 3.45. The fraction of sp³-hybridized carbons (Fsp3) is 0.350. The van der Waals surface area contributed by atoms with Gasteiger partial charge in [-0.25, -0.2) is 0 Å². The van der Waals surface area contributed by atoms with E-state index in [-0.39, 0.29) is 5.91 Å². The van der Waals surface area contributed by atoms with Crippen LogP contribution in [-0.2, 0) is 17.6 Å². The summed E-state index contributed by atoms with van der Waals surface area (Å²) in [4.78, 5) is 12.1. The van der Waals surface area contributed by atoms with Crippen LogP contribution in [0.1, 0.15) is 37.8 Å². The van der Waals surface area contributed by atoms with Gasteiger partial charge in [0.15, 0.2) is 0 Å². The number of hydrogen-bond donors (Lipinski definition) is 1. The highest BCUT2D eigenvalue weighted by atomic mass is 79.9. The quantitative estimate of drug-likeness (QED) is 0.473. The van der Waals surface area contributed by atoms with E-state index in [1.165, 1.54) is 11.1 Å². The molecule has 0 atom stereocenters. The van der Waals surface area contributed by atoms with E-state index in [0.29, 0.717) is 19.4 Å². The number of nitrogens with one attached hydrogen (secondary N) is 1. The molecule has 2 rings (SSSR count). The third-order valence-corrected chi connectivity index (χ3v) is 5.20. The van der Waals surface area contributed by atoms with Crippen molar-refractivity contribution in [1.29, 1.82) is 0 Å². The van der Waals surface area contributed by atoms with E-state index in [2.05, 4.69) is 63.2 Å². The van der Waals surface area contributed by atoms with Crippen LogP contribution in [0.4, 0.5) is 5.69 Å². The highest BCUT2D eigenvalue weighted by Gasteiger charge is 2.07. The zero-order valence-corrected chi connectivity index (χ0v) is 17.7. The minimum atomic E-state index is -0.00561. The first-order valence-electron chi connectivity index (χ1n) is 8.53. The van der Waals surface area contributed by atoms with Gasteiger partial charge in [0.05, 0.1) is 16.8 Å². The highest BCUT2D eigenvalue weighted by Crippen LogP contribution is 2.27. The molecule has 0 saturated heterocycles. The normalized spacial score (nSPS) is 10.6. The number of hydrogen-bond acceptors (Lipinski definition) is 2. The molecule has 0 aliphatic rings. The van der Waals surface area contributed by atoms with Crippen LogP contribution >= 0.6 is 31.9 Å². The van der Waals surface area contributed by atoms with Gasteiger partial charge >= 0.3 is 0 Å². The summed E-state index contributed by atoms with van der Waals surface area (Å²) in [6.07, 6.45) is 3.05. The molecule has 5 heteroatoms. The lowest BCUT2D eigenvalue weighted by Crippen LogP contribution is -2.13. The fourth-order valence-electron chi connectivity index (χ4n) is 2.39. The Kier molecular flexibility index (Phi) is 7.97. The molecule has 0 spiro atoms. The van der Waals surface area contributed by atoms with Crippen molar-refractivity contribution in [1.82, 2.24) is 0 Å². The molecule has 0 radical (unpaired) electrons. The lowest BCUT2D eigenvalue weighted by atomic mass is 10.1. The Morgan fingerprint density at radius 2 is 1.64 bits per heavy atom. The third-order valence-electron chi connectivity index (χ3n) is 3.93. The Hall–Kier alpha value is -1.33. The van der Waals surface area contributed by atoms with Gasteiger partial charge in [0.1, 0.15) is 5.75 Å². The van der Waals surface area contributed by atoms with Crippen molar-refractivity contribution < 1.29 is 9.53 Å². The van der Waals surface area contributed by atoms with Gasteiger partial charge in [-0.3, -0.25) is 4.79 Å². The Morgan fingerprint density at radius 1 is 1.00 bits per heavy atom. The second-order valence-electron chi connectivity index (χ2n) is 5.79. The summed E-state index contributed by atoms with van der Waals surface area (Å²) in [5.41, 5.74) is 3.30. The molecule has 0 aromatic heterocycles. The molecule has 0 heterocycles. The Bertz CT molecular complexity index is 732. The summed E-state index contributed by atoms with van der Waals surface area (Å²) in [5, 5.41) is 2.94. The van der Waals surface area contributed by atoms with Crippen molar-refractivity contribution in [2.75, 3.05) is 11.9 Å². The number of anilines is 1. The predicted octanol–water partition coefficient (Wildman–Crippen LogP) is 6.13. The molecule has 0 saturated carbocycles. The maximum Gasteiger partial charge on any atom is 0.224 e. The highest BCUT2D eigenvalue weighted by molar-refractivity contribution is 9.11. The van der Waals surface area contributed by atoms with E-state index in [1.54, 1.807) is 0 Å². The Balaban J connectivity index is 1.77. The molecule has 1 amide bonds. The van der Waals surface area contributed by atoms with E-state index < -0.39 is 0 Å². The van der Waals surface area contributed by atoms with Gasteiger partial charge in [0, 0.05) is 10.9 Å². The first-order valence-corrected chi connectivity index (χ1v) is 10.1. The van der Waals surface area contributed by atoms with Crippen molar-refractivity contribution in [3.05, 3.63) is 56.5 Å². The Labute approximate surface area is 166 Å². The number of ether oxygens (including phenoxy) is 1. The van der Waals surface area contributed by atoms with Crippen molar-refractivity contribution >= 4 is 43.5 Å². The van der Waals surface area contributed by atoms with E-state index >= 15 is 0 Å². The monoisotopic (exact) mass is 467 g/mol. The topological polar surface area (TPSA) is 38.3 Å². The number of benzene rings is 2. The summed E-state index contributed by atoms with van der Waals surface area (Å²) in [5.74, 6) is 0.810. The van der Waals surface area contributed by atoms with Crippen LogP contribution in [0.5, 0.6) is 5.75 Å². The average molecular weight is 469 g/mol. The second kappa shape index (κ2) is 9.97. The molecule has 3 nitrogen and oxygen atoms in total. The summed E-state index contributed by atoms with van der Waals surface area (Å²) in [6.45, 7) is 4.73. The largest absolute Gasteiger partial charge is 0.492 e. The van der Waals surface area contributed by atoms with Crippen molar-refractivity contribution in [3.8, 4) is 5.75 Å². The van der Waals surface area contributed by atoms with Crippen LogP contribution < -0.4 is 10.1 Å². The first kappa shape index (κ1) is 20.0. The molecule has 0 aliphatic carbocycles. The van der Waals surface area contributed by atoms with Crippen molar-refractivity contribution in [2.24, 2.45) is 0 Å². The SMILES string of the molecule is CCc1ccc(NC(=O)CCCOc2ccc(CC)cc2Br)c(Br)c1. The van der Waals surface area contributed by atoms with Crippen molar-refractivity contribution in [2.45, 2.75) is 39.5 Å². The minimum Gasteiger partial charge on any atom is -0.492 e. The van der Waals surface area contributed by atoms with Crippen LogP contribution in [0.2, 0.25) is 0 Å². The molecular weight excluding hydrogens is 446 g/mol. The predicted molar refractivity (Wildman–Crippen MR) is 110 cm³/mol. The summed E-state index contributed by atoms with van der Waals surface area (Å²) in [6, 6.07) is 12.1. The standard InChI is InChI=1S/C20H23Br2NO2/c1-3-14-7-9-18(16(21)12-14)23-20(24)6-5-11-25-19-10-8-15(4-2)13-17(19)22/h7-10,12-13H,3-6,11H2,1-2H3,(H,23,24). The number of carbonyl (C=O) groups excluding carboxylic acids is 1. The number of rotatable bonds is 8. The molecule has 25 heavy (non-hydrogen) atoms. The number of halogens is 2. The maximum atomic E-state index is 12.1. The lowest BCUT2D eigenvalue weighted by Gasteiger charge is -2.10.